The summed E-state index contributed by atoms with van der Waals surface area (Å²) < 4.78 is 11.5. The van der Waals surface area contributed by atoms with Gasteiger partial charge in [0.2, 0.25) is 0 Å². The molecule has 0 spiro atoms. The molecule has 0 N–H and O–H groups in total. The summed E-state index contributed by atoms with van der Waals surface area (Å²) in [7, 11) is 0. The summed E-state index contributed by atoms with van der Waals surface area (Å²) in [5, 5.41) is 0. The molecular weight excluding hydrogens is 392 g/mol. The van der Waals surface area contributed by atoms with E-state index in [1.165, 1.54) is 12.0 Å². The standard InChI is InChI=1S/C25H30N2O4/c1-3-30-22-16-20(25(29)27-15-12-19-9-7-8-18(2)24(19)27)10-11-21(22)31-17-23(28)26-13-5-4-6-14-26/h7-11,16H,3-6,12-15,17H2,1-2H3. The van der Waals surface area contributed by atoms with Crippen LogP contribution in [-0.2, 0) is 11.2 Å². The summed E-state index contributed by atoms with van der Waals surface area (Å²) >= 11 is 0. The summed E-state index contributed by atoms with van der Waals surface area (Å²) in [4.78, 5) is 29.4. The Labute approximate surface area is 183 Å². The maximum atomic E-state index is 13.3. The number of ether oxygens (including phenoxy) is 2. The minimum atomic E-state index is -0.0510. The third kappa shape index (κ3) is 4.53. The molecule has 6 heteroatoms. The Morgan fingerprint density at radius 1 is 0.968 bits per heavy atom. The lowest BCUT2D eigenvalue weighted by Gasteiger charge is -2.26. The quantitative estimate of drug-likeness (QED) is 0.706. The number of likely N-dealkylation sites (tertiary alicyclic amines) is 1. The fourth-order valence-electron chi connectivity index (χ4n) is 4.41. The number of para-hydroxylation sites is 1. The number of piperidine rings is 1. The second-order valence-corrected chi connectivity index (χ2v) is 8.11. The van der Waals surface area contributed by atoms with E-state index in [9.17, 15) is 9.59 Å². The normalized spacial score (nSPS) is 15.5. The van der Waals surface area contributed by atoms with Crippen molar-refractivity contribution >= 4 is 17.5 Å². The number of benzene rings is 2. The van der Waals surface area contributed by atoms with E-state index >= 15 is 0 Å². The first-order valence-electron chi connectivity index (χ1n) is 11.2. The number of nitrogens with zero attached hydrogens (tertiary/aromatic N) is 2. The number of rotatable bonds is 6. The lowest BCUT2D eigenvalue weighted by Crippen LogP contribution is -2.38. The van der Waals surface area contributed by atoms with Crippen LogP contribution in [0.1, 0.15) is 47.7 Å². The molecule has 2 aliphatic heterocycles. The second-order valence-electron chi connectivity index (χ2n) is 8.11. The van der Waals surface area contributed by atoms with E-state index in [4.69, 9.17) is 9.47 Å². The third-order valence-corrected chi connectivity index (χ3v) is 5.99. The van der Waals surface area contributed by atoms with Gasteiger partial charge in [-0.25, -0.2) is 0 Å². The first-order valence-corrected chi connectivity index (χ1v) is 11.2. The van der Waals surface area contributed by atoms with Crippen molar-refractivity contribution in [2.75, 3.05) is 37.7 Å². The van der Waals surface area contributed by atoms with Gasteiger partial charge in [-0.2, -0.15) is 0 Å². The van der Waals surface area contributed by atoms with Crippen LogP contribution in [0.15, 0.2) is 36.4 Å². The molecule has 4 rings (SSSR count). The smallest absolute Gasteiger partial charge is 0.260 e. The van der Waals surface area contributed by atoms with Gasteiger partial charge in [0.05, 0.1) is 12.3 Å². The fraction of sp³-hybridized carbons (Fsp3) is 0.440. The van der Waals surface area contributed by atoms with Crippen LogP contribution < -0.4 is 14.4 Å². The van der Waals surface area contributed by atoms with Gasteiger partial charge in [-0.1, -0.05) is 18.2 Å². The molecular formula is C25H30N2O4. The molecule has 164 valence electrons. The minimum Gasteiger partial charge on any atom is -0.490 e. The predicted octanol–water partition coefficient (Wildman–Crippen LogP) is 3.99. The fourth-order valence-corrected chi connectivity index (χ4v) is 4.41. The maximum absolute atomic E-state index is 13.3. The van der Waals surface area contributed by atoms with Crippen molar-refractivity contribution in [3.63, 3.8) is 0 Å². The zero-order valence-corrected chi connectivity index (χ0v) is 18.4. The van der Waals surface area contributed by atoms with Gasteiger partial charge in [-0.15, -0.1) is 0 Å². The van der Waals surface area contributed by atoms with E-state index in [0.29, 0.717) is 30.2 Å². The molecule has 0 saturated carbocycles. The predicted molar refractivity (Wildman–Crippen MR) is 120 cm³/mol. The second kappa shape index (κ2) is 9.41. The van der Waals surface area contributed by atoms with Gasteiger partial charge < -0.3 is 19.3 Å². The molecule has 2 amide bonds. The van der Waals surface area contributed by atoms with Gasteiger partial charge in [-0.05, 0) is 68.9 Å². The molecule has 2 aliphatic rings. The van der Waals surface area contributed by atoms with Crippen molar-refractivity contribution in [3.05, 3.63) is 53.1 Å². The topological polar surface area (TPSA) is 59.1 Å². The Morgan fingerprint density at radius 3 is 2.55 bits per heavy atom. The van der Waals surface area contributed by atoms with Crippen molar-refractivity contribution in [2.24, 2.45) is 0 Å². The summed E-state index contributed by atoms with van der Waals surface area (Å²) in [5.41, 5.74) is 3.87. The van der Waals surface area contributed by atoms with E-state index in [1.807, 2.05) is 35.8 Å². The van der Waals surface area contributed by atoms with Gasteiger partial charge in [0, 0.05) is 25.2 Å². The Kier molecular flexibility index (Phi) is 6.44. The summed E-state index contributed by atoms with van der Waals surface area (Å²) in [6.45, 7) is 6.61. The van der Waals surface area contributed by atoms with Crippen LogP contribution in [0.5, 0.6) is 11.5 Å². The molecule has 0 bridgehead atoms. The van der Waals surface area contributed by atoms with Crippen molar-refractivity contribution in [2.45, 2.75) is 39.5 Å². The molecule has 0 radical (unpaired) electrons. The Bertz CT molecular complexity index is 966. The maximum Gasteiger partial charge on any atom is 0.260 e. The van der Waals surface area contributed by atoms with E-state index in [-0.39, 0.29) is 18.4 Å². The first kappa shape index (κ1) is 21.2. The van der Waals surface area contributed by atoms with Gasteiger partial charge in [0.1, 0.15) is 0 Å². The van der Waals surface area contributed by atoms with E-state index < -0.39 is 0 Å². The van der Waals surface area contributed by atoms with Crippen LogP contribution in [0.4, 0.5) is 5.69 Å². The summed E-state index contributed by atoms with van der Waals surface area (Å²) in [6.07, 6.45) is 4.13. The highest BCUT2D eigenvalue weighted by molar-refractivity contribution is 6.08. The number of hydrogen-bond acceptors (Lipinski definition) is 4. The lowest BCUT2D eigenvalue weighted by molar-refractivity contribution is -0.134. The van der Waals surface area contributed by atoms with Crippen LogP contribution in [0.3, 0.4) is 0 Å². The molecule has 0 aromatic heterocycles. The van der Waals surface area contributed by atoms with Gasteiger partial charge >= 0.3 is 0 Å². The van der Waals surface area contributed by atoms with E-state index in [0.717, 1.165) is 43.6 Å². The average molecular weight is 423 g/mol. The number of hydrogen-bond donors (Lipinski definition) is 0. The van der Waals surface area contributed by atoms with Crippen molar-refractivity contribution in [1.82, 2.24) is 4.90 Å². The minimum absolute atomic E-state index is 0.00792. The van der Waals surface area contributed by atoms with E-state index in [2.05, 4.69) is 6.07 Å². The number of carbonyl (C=O) groups is 2. The Balaban J connectivity index is 1.50. The molecule has 6 nitrogen and oxygen atoms in total. The molecule has 31 heavy (non-hydrogen) atoms. The van der Waals surface area contributed by atoms with Crippen molar-refractivity contribution < 1.29 is 19.1 Å². The van der Waals surface area contributed by atoms with Gasteiger partial charge in [-0.3, -0.25) is 9.59 Å². The molecule has 0 unspecified atom stereocenters. The molecule has 2 aromatic rings. The zero-order chi connectivity index (χ0) is 21.8. The number of amides is 2. The van der Waals surface area contributed by atoms with Crippen LogP contribution >= 0.6 is 0 Å². The molecule has 2 heterocycles. The third-order valence-electron chi connectivity index (χ3n) is 5.99. The highest BCUT2D eigenvalue weighted by Crippen LogP contribution is 2.34. The van der Waals surface area contributed by atoms with Crippen LogP contribution in [0.2, 0.25) is 0 Å². The number of carbonyl (C=O) groups excluding carboxylic acids is 2. The zero-order valence-electron chi connectivity index (χ0n) is 18.4. The largest absolute Gasteiger partial charge is 0.490 e. The number of anilines is 1. The number of aryl methyl sites for hydroxylation is 1. The summed E-state index contributed by atoms with van der Waals surface area (Å²) in [6, 6.07) is 11.4. The van der Waals surface area contributed by atoms with Crippen LogP contribution in [0.25, 0.3) is 0 Å². The molecule has 0 atom stereocenters. The highest BCUT2D eigenvalue weighted by atomic mass is 16.5. The molecule has 1 fully saturated rings. The Morgan fingerprint density at radius 2 is 1.77 bits per heavy atom. The van der Waals surface area contributed by atoms with E-state index in [1.54, 1.807) is 18.2 Å². The average Bonchev–Trinajstić information content (AvgIpc) is 3.24. The molecule has 0 aliphatic carbocycles. The van der Waals surface area contributed by atoms with Crippen molar-refractivity contribution in [1.29, 1.82) is 0 Å². The van der Waals surface area contributed by atoms with Crippen LogP contribution in [0, 0.1) is 6.92 Å². The summed E-state index contributed by atoms with van der Waals surface area (Å²) in [5.74, 6) is 0.919. The van der Waals surface area contributed by atoms with Gasteiger partial charge in [0.25, 0.3) is 11.8 Å². The lowest BCUT2D eigenvalue weighted by atomic mass is 10.1. The van der Waals surface area contributed by atoms with Gasteiger partial charge in [0.15, 0.2) is 18.1 Å². The molecule has 2 aromatic carbocycles. The molecule has 1 saturated heterocycles. The first-order chi connectivity index (χ1) is 15.1. The van der Waals surface area contributed by atoms with Crippen LogP contribution in [-0.4, -0.2) is 49.6 Å². The monoisotopic (exact) mass is 422 g/mol. The number of fused-ring (bicyclic) bond motifs is 1. The highest BCUT2D eigenvalue weighted by Gasteiger charge is 2.27. The Hall–Kier alpha value is -3.02. The van der Waals surface area contributed by atoms with Crippen molar-refractivity contribution in [3.8, 4) is 11.5 Å². The SMILES string of the molecule is CCOc1cc(C(=O)N2CCc3cccc(C)c32)ccc1OCC(=O)N1CCCCC1.